The summed E-state index contributed by atoms with van der Waals surface area (Å²) >= 11 is 4.50. The molecule has 128 valence electrons. The number of fused-ring (bicyclic) bond motifs is 2. The van der Waals surface area contributed by atoms with Crippen molar-refractivity contribution in [2.45, 2.75) is 0 Å². The third-order valence-electron chi connectivity index (χ3n) is 4.41. The average Bonchev–Trinajstić information content (AvgIpc) is 2.90. The van der Waals surface area contributed by atoms with Gasteiger partial charge in [-0.15, -0.1) is 0 Å². The number of nitrogens with zero attached hydrogens (tertiary/aromatic N) is 1. The third kappa shape index (κ3) is 2.14. The number of pyridine rings is 1. The summed E-state index contributed by atoms with van der Waals surface area (Å²) in [6.45, 7) is 0. The summed E-state index contributed by atoms with van der Waals surface area (Å²) in [6.07, 6.45) is 0. The van der Waals surface area contributed by atoms with E-state index < -0.39 is 0 Å². The van der Waals surface area contributed by atoms with Gasteiger partial charge in [0.2, 0.25) is 5.75 Å². The van der Waals surface area contributed by atoms with Crippen molar-refractivity contribution >= 4 is 72.2 Å². The molecule has 4 rings (SSSR count). The van der Waals surface area contributed by atoms with E-state index in [2.05, 4.69) is 45.2 Å². The molecule has 0 aliphatic carbocycles. The molecule has 0 atom stereocenters. The standard InChI is InChI=1S/C18H13I2NO4/c1-23-11-7-10-8-5-4-6-9-13(19)17(20)21(14(8)9)18(22)12(10)16(25-3)15(11)24-2/h4-7H,1-3H3. The smallest absolute Gasteiger partial charge is 0.267 e. The van der Waals surface area contributed by atoms with Crippen LogP contribution in [-0.4, -0.2) is 25.7 Å². The molecule has 2 aromatic heterocycles. The molecular weight excluding hydrogens is 548 g/mol. The summed E-state index contributed by atoms with van der Waals surface area (Å²) in [5.74, 6) is 1.35. The van der Waals surface area contributed by atoms with E-state index in [1.807, 2.05) is 24.3 Å². The first-order valence-electron chi connectivity index (χ1n) is 7.41. The van der Waals surface area contributed by atoms with E-state index in [1.54, 1.807) is 11.5 Å². The van der Waals surface area contributed by atoms with Crippen molar-refractivity contribution in [3.63, 3.8) is 0 Å². The number of hydrogen-bond donors (Lipinski definition) is 0. The van der Waals surface area contributed by atoms with Crippen molar-refractivity contribution in [3.05, 3.63) is 41.9 Å². The zero-order valence-electron chi connectivity index (χ0n) is 13.6. The molecule has 0 saturated heterocycles. The fourth-order valence-corrected chi connectivity index (χ4v) is 4.80. The third-order valence-corrected chi connectivity index (χ3v) is 7.56. The Morgan fingerprint density at radius 1 is 0.920 bits per heavy atom. The zero-order valence-corrected chi connectivity index (χ0v) is 18.0. The van der Waals surface area contributed by atoms with Gasteiger partial charge in [-0.25, -0.2) is 0 Å². The van der Waals surface area contributed by atoms with Gasteiger partial charge in [-0.3, -0.25) is 9.20 Å². The minimum Gasteiger partial charge on any atom is -0.493 e. The van der Waals surface area contributed by atoms with Gasteiger partial charge in [0, 0.05) is 16.2 Å². The van der Waals surface area contributed by atoms with Crippen LogP contribution in [0.1, 0.15) is 0 Å². The van der Waals surface area contributed by atoms with E-state index in [1.165, 1.54) is 14.2 Å². The van der Waals surface area contributed by atoms with Crippen LogP contribution in [0.3, 0.4) is 0 Å². The van der Waals surface area contributed by atoms with Crippen LogP contribution < -0.4 is 19.8 Å². The Balaban J connectivity index is 2.41. The van der Waals surface area contributed by atoms with E-state index >= 15 is 0 Å². The van der Waals surface area contributed by atoms with E-state index in [0.29, 0.717) is 22.6 Å². The predicted molar refractivity (Wildman–Crippen MR) is 115 cm³/mol. The van der Waals surface area contributed by atoms with Crippen molar-refractivity contribution in [3.8, 4) is 17.2 Å². The Kier molecular flexibility index (Phi) is 4.10. The highest BCUT2D eigenvalue weighted by atomic mass is 127. The van der Waals surface area contributed by atoms with Gasteiger partial charge in [-0.1, -0.05) is 18.2 Å². The van der Waals surface area contributed by atoms with Crippen LogP contribution >= 0.6 is 45.2 Å². The summed E-state index contributed by atoms with van der Waals surface area (Å²) in [4.78, 5) is 13.4. The summed E-state index contributed by atoms with van der Waals surface area (Å²) in [5, 5.41) is 3.33. The Hall–Kier alpha value is -1.49. The maximum absolute atomic E-state index is 13.4. The molecule has 0 radical (unpaired) electrons. The number of aromatic nitrogens is 1. The molecule has 0 bridgehead atoms. The van der Waals surface area contributed by atoms with Crippen LogP contribution in [0.2, 0.25) is 0 Å². The van der Waals surface area contributed by atoms with Gasteiger partial charge in [0.25, 0.3) is 5.56 Å². The van der Waals surface area contributed by atoms with Gasteiger partial charge in [0.15, 0.2) is 11.5 Å². The van der Waals surface area contributed by atoms with Gasteiger partial charge < -0.3 is 14.2 Å². The Morgan fingerprint density at radius 3 is 2.24 bits per heavy atom. The van der Waals surface area contributed by atoms with Crippen LogP contribution in [0.5, 0.6) is 17.2 Å². The quantitative estimate of drug-likeness (QED) is 0.277. The molecule has 0 amide bonds. The Morgan fingerprint density at radius 2 is 1.60 bits per heavy atom. The molecule has 7 heteroatoms. The van der Waals surface area contributed by atoms with Gasteiger partial charge in [-0.05, 0) is 51.2 Å². The highest BCUT2D eigenvalue weighted by Crippen LogP contribution is 2.45. The molecule has 0 aliphatic heterocycles. The fourth-order valence-electron chi connectivity index (χ4n) is 3.37. The number of halogens is 2. The molecule has 25 heavy (non-hydrogen) atoms. The predicted octanol–water partition coefficient (Wildman–Crippen LogP) is 4.28. The van der Waals surface area contributed by atoms with E-state index in [0.717, 1.165) is 28.9 Å². The number of benzene rings is 2. The first kappa shape index (κ1) is 17.0. The van der Waals surface area contributed by atoms with Crippen molar-refractivity contribution < 1.29 is 14.2 Å². The van der Waals surface area contributed by atoms with E-state index in [-0.39, 0.29) is 5.56 Å². The van der Waals surface area contributed by atoms with E-state index in [4.69, 9.17) is 14.2 Å². The normalized spacial score (nSPS) is 11.6. The molecule has 4 aromatic rings. The monoisotopic (exact) mass is 561 g/mol. The lowest BCUT2D eigenvalue weighted by atomic mass is 10.0. The molecule has 0 fully saturated rings. The average molecular weight is 561 g/mol. The number of ether oxygens (including phenoxy) is 3. The van der Waals surface area contributed by atoms with Gasteiger partial charge in [-0.2, -0.15) is 0 Å². The van der Waals surface area contributed by atoms with Crippen molar-refractivity contribution in [1.82, 2.24) is 4.40 Å². The largest absolute Gasteiger partial charge is 0.493 e. The fraction of sp³-hybridized carbons (Fsp3) is 0.167. The second-order valence-electron chi connectivity index (χ2n) is 5.51. The Labute approximate surface area is 170 Å². The Bertz CT molecular complexity index is 1200. The summed E-state index contributed by atoms with van der Waals surface area (Å²) in [6, 6.07) is 7.90. The number of para-hydroxylation sites is 1. The molecule has 2 heterocycles. The topological polar surface area (TPSA) is 49.2 Å². The summed E-state index contributed by atoms with van der Waals surface area (Å²) in [5.41, 5.74) is 0.798. The van der Waals surface area contributed by atoms with Crippen LogP contribution in [-0.2, 0) is 0 Å². The molecule has 0 N–H and O–H groups in total. The minimum absolute atomic E-state index is 0.121. The highest BCUT2D eigenvalue weighted by Gasteiger charge is 2.24. The van der Waals surface area contributed by atoms with E-state index in [9.17, 15) is 4.79 Å². The van der Waals surface area contributed by atoms with Crippen molar-refractivity contribution in [1.29, 1.82) is 0 Å². The van der Waals surface area contributed by atoms with Crippen molar-refractivity contribution in [2.75, 3.05) is 21.3 Å². The van der Waals surface area contributed by atoms with Crippen LogP contribution in [0.15, 0.2) is 29.1 Å². The summed E-state index contributed by atoms with van der Waals surface area (Å²) < 4.78 is 20.2. The number of rotatable bonds is 3. The second kappa shape index (κ2) is 6.04. The number of methoxy groups -OCH3 is 3. The molecule has 2 aromatic carbocycles. The lowest BCUT2D eigenvalue weighted by Gasteiger charge is -2.16. The van der Waals surface area contributed by atoms with Gasteiger partial charge in [0.1, 0.15) is 3.70 Å². The lowest BCUT2D eigenvalue weighted by molar-refractivity contribution is 0.327. The lowest BCUT2D eigenvalue weighted by Crippen LogP contribution is -2.16. The number of hydrogen-bond acceptors (Lipinski definition) is 4. The molecule has 5 nitrogen and oxygen atoms in total. The first-order chi connectivity index (χ1) is 12.0. The van der Waals surface area contributed by atoms with Crippen LogP contribution in [0.4, 0.5) is 0 Å². The van der Waals surface area contributed by atoms with Crippen LogP contribution in [0, 0.1) is 7.27 Å². The summed E-state index contributed by atoms with van der Waals surface area (Å²) in [7, 11) is 4.64. The molecule has 0 spiro atoms. The van der Waals surface area contributed by atoms with Gasteiger partial charge >= 0.3 is 0 Å². The maximum atomic E-state index is 13.4. The van der Waals surface area contributed by atoms with Crippen LogP contribution in [0.25, 0.3) is 27.1 Å². The van der Waals surface area contributed by atoms with Gasteiger partial charge in [0.05, 0.1) is 35.8 Å². The first-order valence-corrected chi connectivity index (χ1v) is 9.57. The molecule has 0 aliphatic rings. The molecular formula is C18H13I2NO4. The minimum atomic E-state index is -0.121. The maximum Gasteiger partial charge on any atom is 0.267 e. The second-order valence-corrected chi connectivity index (χ2v) is 7.62. The SMILES string of the molecule is COc1cc2c(c(OC)c1OC)c(=O)n1c(I)c(I)c3cccc2c31. The van der Waals surface area contributed by atoms with Crippen molar-refractivity contribution in [2.24, 2.45) is 0 Å². The highest BCUT2D eigenvalue weighted by molar-refractivity contribution is 14.1. The zero-order chi connectivity index (χ0) is 17.9. The molecule has 0 unspecified atom stereocenters. The molecule has 0 saturated carbocycles.